The van der Waals surface area contributed by atoms with Gasteiger partial charge in [-0.1, -0.05) is 31.4 Å². The number of halogens is 1. The Labute approximate surface area is 171 Å². The number of nitriles is 1. The molecular weight excluding hydrogens is 370 g/mol. The summed E-state index contributed by atoms with van der Waals surface area (Å²) in [5.41, 5.74) is 4.03. The average Bonchev–Trinajstić information content (AvgIpc) is 2.95. The zero-order valence-electron chi connectivity index (χ0n) is 16.6. The van der Waals surface area contributed by atoms with Crippen LogP contribution in [-0.2, 0) is 4.79 Å². The lowest BCUT2D eigenvalue weighted by Crippen LogP contribution is -2.41. The minimum atomic E-state index is -0.280. The molecule has 1 aliphatic rings. The standard InChI is InChI=1S/C23H26ClN3O/c1-15-6-4-5-7-22(15)26-23(28)19(14-25)13-18-12-16(2)27(17(18)3)21-10-8-20(24)9-11-21/h8-13,15,22H,4-7H2,1-3H3,(H,26,28)/b19-13+/t15-,22-/m0/s1. The maximum Gasteiger partial charge on any atom is 0.262 e. The number of hydrogen-bond acceptors (Lipinski definition) is 2. The summed E-state index contributed by atoms with van der Waals surface area (Å²) >= 11 is 6.00. The quantitative estimate of drug-likeness (QED) is 0.560. The number of carbonyl (C=O) groups is 1. The Balaban J connectivity index is 1.86. The SMILES string of the molecule is Cc1cc(/C=C(\C#N)C(=O)N[C@H]2CCCC[C@@H]2C)c(C)n1-c1ccc(Cl)cc1. The van der Waals surface area contributed by atoms with E-state index >= 15 is 0 Å². The molecule has 1 aliphatic carbocycles. The lowest BCUT2D eigenvalue weighted by molar-refractivity contribution is -0.118. The molecule has 1 aromatic heterocycles. The third-order valence-electron chi connectivity index (χ3n) is 5.65. The summed E-state index contributed by atoms with van der Waals surface area (Å²) in [4.78, 5) is 12.7. The molecule has 0 aliphatic heterocycles. The highest BCUT2D eigenvalue weighted by Crippen LogP contribution is 2.26. The highest BCUT2D eigenvalue weighted by molar-refractivity contribution is 6.30. The largest absolute Gasteiger partial charge is 0.348 e. The Hall–Kier alpha value is -2.51. The fraction of sp³-hybridized carbons (Fsp3) is 0.391. The van der Waals surface area contributed by atoms with Gasteiger partial charge in [-0.15, -0.1) is 0 Å². The van der Waals surface area contributed by atoms with Gasteiger partial charge >= 0.3 is 0 Å². The Morgan fingerprint density at radius 2 is 1.93 bits per heavy atom. The number of nitrogens with zero attached hydrogens (tertiary/aromatic N) is 2. The van der Waals surface area contributed by atoms with E-state index in [1.54, 1.807) is 6.08 Å². The molecule has 0 bridgehead atoms. The molecule has 28 heavy (non-hydrogen) atoms. The first-order chi connectivity index (χ1) is 13.4. The molecule has 146 valence electrons. The highest BCUT2D eigenvalue weighted by Gasteiger charge is 2.24. The van der Waals surface area contributed by atoms with Crippen molar-refractivity contribution in [2.75, 3.05) is 0 Å². The number of aromatic nitrogens is 1. The molecule has 5 heteroatoms. The van der Waals surface area contributed by atoms with Crippen LogP contribution in [0.25, 0.3) is 11.8 Å². The van der Waals surface area contributed by atoms with Crippen LogP contribution in [0.2, 0.25) is 5.02 Å². The number of aryl methyl sites for hydroxylation is 1. The molecule has 0 radical (unpaired) electrons. The van der Waals surface area contributed by atoms with E-state index in [1.165, 1.54) is 6.42 Å². The highest BCUT2D eigenvalue weighted by atomic mass is 35.5. The van der Waals surface area contributed by atoms with Crippen molar-refractivity contribution in [1.29, 1.82) is 5.26 Å². The first kappa shape index (κ1) is 20.2. The topological polar surface area (TPSA) is 57.8 Å². The lowest BCUT2D eigenvalue weighted by Gasteiger charge is -2.29. The Bertz CT molecular complexity index is 934. The van der Waals surface area contributed by atoms with Crippen molar-refractivity contribution in [3.63, 3.8) is 0 Å². The molecule has 3 rings (SSSR count). The van der Waals surface area contributed by atoms with Gasteiger partial charge < -0.3 is 9.88 Å². The molecule has 1 fully saturated rings. The van der Waals surface area contributed by atoms with Crippen LogP contribution in [-0.4, -0.2) is 16.5 Å². The van der Waals surface area contributed by atoms with Crippen LogP contribution in [0.15, 0.2) is 35.9 Å². The molecular formula is C23H26ClN3O. The summed E-state index contributed by atoms with van der Waals surface area (Å²) in [6, 6.07) is 11.8. The van der Waals surface area contributed by atoms with Crippen LogP contribution in [0, 0.1) is 31.1 Å². The smallest absolute Gasteiger partial charge is 0.262 e. The van der Waals surface area contributed by atoms with E-state index < -0.39 is 0 Å². The zero-order chi connectivity index (χ0) is 20.3. The van der Waals surface area contributed by atoms with E-state index in [9.17, 15) is 10.1 Å². The number of nitrogens with one attached hydrogen (secondary N) is 1. The van der Waals surface area contributed by atoms with Gasteiger partial charge in [0.25, 0.3) is 5.91 Å². The van der Waals surface area contributed by atoms with Crippen LogP contribution < -0.4 is 5.32 Å². The van der Waals surface area contributed by atoms with Crippen molar-refractivity contribution < 1.29 is 4.79 Å². The van der Waals surface area contributed by atoms with Gasteiger partial charge in [-0.2, -0.15) is 5.26 Å². The van der Waals surface area contributed by atoms with Gasteiger partial charge in [0.05, 0.1) is 0 Å². The molecule has 2 atom stereocenters. The summed E-state index contributed by atoms with van der Waals surface area (Å²) in [7, 11) is 0. The minimum absolute atomic E-state index is 0.147. The van der Waals surface area contributed by atoms with E-state index in [0.717, 1.165) is 41.9 Å². The summed E-state index contributed by atoms with van der Waals surface area (Å²) in [6.07, 6.45) is 6.14. The van der Waals surface area contributed by atoms with Gasteiger partial charge in [0.15, 0.2) is 0 Å². The van der Waals surface area contributed by atoms with E-state index in [2.05, 4.69) is 22.9 Å². The maximum absolute atomic E-state index is 12.7. The fourth-order valence-electron chi connectivity index (χ4n) is 4.00. The maximum atomic E-state index is 12.7. The van der Waals surface area contributed by atoms with E-state index in [4.69, 9.17) is 11.6 Å². The molecule has 4 nitrogen and oxygen atoms in total. The summed E-state index contributed by atoms with van der Waals surface area (Å²) in [6.45, 7) is 6.16. The fourth-order valence-corrected chi connectivity index (χ4v) is 4.13. The summed E-state index contributed by atoms with van der Waals surface area (Å²) in [5, 5.41) is 13.3. The predicted octanol–water partition coefficient (Wildman–Crippen LogP) is 5.35. The molecule has 0 saturated heterocycles. The first-order valence-corrected chi connectivity index (χ1v) is 10.2. The monoisotopic (exact) mass is 395 g/mol. The van der Waals surface area contributed by atoms with Crippen molar-refractivity contribution in [2.45, 2.75) is 52.5 Å². The number of benzene rings is 1. The second-order valence-electron chi connectivity index (χ2n) is 7.65. The van der Waals surface area contributed by atoms with Gasteiger partial charge in [0.2, 0.25) is 0 Å². The van der Waals surface area contributed by atoms with Gasteiger partial charge in [0.1, 0.15) is 11.6 Å². The van der Waals surface area contributed by atoms with Gasteiger partial charge in [-0.3, -0.25) is 4.79 Å². The van der Waals surface area contributed by atoms with Crippen molar-refractivity contribution in [1.82, 2.24) is 9.88 Å². The second-order valence-corrected chi connectivity index (χ2v) is 8.09. The Morgan fingerprint density at radius 1 is 1.25 bits per heavy atom. The van der Waals surface area contributed by atoms with Crippen LogP contribution in [0.4, 0.5) is 0 Å². The van der Waals surface area contributed by atoms with Gasteiger partial charge in [-0.05, 0) is 74.6 Å². The molecule has 1 heterocycles. The third kappa shape index (κ3) is 4.31. The van der Waals surface area contributed by atoms with Gasteiger partial charge in [-0.25, -0.2) is 0 Å². The Kier molecular flexibility index (Phi) is 6.26. The van der Waals surface area contributed by atoms with Crippen LogP contribution in [0.1, 0.15) is 49.6 Å². The zero-order valence-corrected chi connectivity index (χ0v) is 17.4. The number of amides is 1. The predicted molar refractivity (Wildman–Crippen MR) is 113 cm³/mol. The lowest BCUT2D eigenvalue weighted by atomic mass is 9.86. The normalized spacial score (nSPS) is 19.9. The van der Waals surface area contributed by atoms with Crippen LogP contribution in [0.3, 0.4) is 0 Å². The van der Waals surface area contributed by atoms with E-state index in [1.807, 2.05) is 44.2 Å². The van der Waals surface area contributed by atoms with Crippen molar-refractivity contribution in [3.05, 3.63) is 57.9 Å². The molecule has 0 unspecified atom stereocenters. The van der Waals surface area contributed by atoms with Crippen molar-refractivity contribution >= 4 is 23.6 Å². The molecule has 1 N–H and O–H groups in total. The van der Waals surface area contributed by atoms with Crippen molar-refractivity contribution in [2.24, 2.45) is 5.92 Å². The molecule has 1 aromatic carbocycles. The first-order valence-electron chi connectivity index (χ1n) is 9.78. The minimum Gasteiger partial charge on any atom is -0.348 e. The third-order valence-corrected chi connectivity index (χ3v) is 5.90. The second kappa shape index (κ2) is 8.67. The number of rotatable bonds is 4. The van der Waals surface area contributed by atoms with Gasteiger partial charge in [0, 0.05) is 28.1 Å². The molecule has 1 amide bonds. The van der Waals surface area contributed by atoms with E-state index in [-0.39, 0.29) is 17.5 Å². The number of carbonyl (C=O) groups excluding carboxylic acids is 1. The molecule has 0 spiro atoms. The summed E-state index contributed by atoms with van der Waals surface area (Å²) in [5.74, 6) is 0.171. The van der Waals surface area contributed by atoms with Crippen LogP contribution in [0.5, 0.6) is 0 Å². The number of hydrogen-bond donors (Lipinski definition) is 1. The van der Waals surface area contributed by atoms with Crippen molar-refractivity contribution in [3.8, 4) is 11.8 Å². The average molecular weight is 396 g/mol. The van der Waals surface area contributed by atoms with E-state index in [0.29, 0.717) is 10.9 Å². The molecule has 2 aromatic rings. The molecule has 1 saturated carbocycles. The summed E-state index contributed by atoms with van der Waals surface area (Å²) < 4.78 is 2.10. The van der Waals surface area contributed by atoms with Crippen LogP contribution >= 0.6 is 11.6 Å². The Morgan fingerprint density at radius 3 is 2.57 bits per heavy atom.